The standard InChI is InChI=1S/C11H11ClO2/c1-9(6-12)8-14-11-4-2-10(7-13)3-5-11/h2-7H,8H2,1H3/b9-6-. The van der Waals surface area contributed by atoms with Gasteiger partial charge in [0.1, 0.15) is 18.6 Å². The van der Waals surface area contributed by atoms with Crippen LogP contribution in [0.25, 0.3) is 0 Å². The van der Waals surface area contributed by atoms with Crippen LogP contribution in [0.1, 0.15) is 17.3 Å². The highest BCUT2D eigenvalue weighted by molar-refractivity contribution is 6.25. The second kappa shape index (κ2) is 5.45. The highest BCUT2D eigenvalue weighted by Crippen LogP contribution is 2.12. The predicted octanol–water partition coefficient (Wildman–Crippen LogP) is 3.02. The van der Waals surface area contributed by atoms with E-state index in [0.717, 1.165) is 17.6 Å². The Morgan fingerprint density at radius 3 is 2.57 bits per heavy atom. The van der Waals surface area contributed by atoms with Crippen molar-refractivity contribution in [3.63, 3.8) is 0 Å². The van der Waals surface area contributed by atoms with Crippen LogP contribution in [0.5, 0.6) is 5.75 Å². The molecule has 14 heavy (non-hydrogen) atoms. The van der Waals surface area contributed by atoms with Gasteiger partial charge < -0.3 is 4.74 Å². The van der Waals surface area contributed by atoms with Gasteiger partial charge in [0.15, 0.2) is 0 Å². The average molecular weight is 211 g/mol. The Bertz CT molecular complexity index is 328. The van der Waals surface area contributed by atoms with Gasteiger partial charge in [-0.2, -0.15) is 0 Å². The zero-order chi connectivity index (χ0) is 10.4. The number of ether oxygens (including phenoxy) is 1. The summed E-state index contributed by atoms with van der Waals surface area (Å²) in [6.07, 6.45) is 0.799. The second-order valence-electron chi connectivity index (χ2n) is 2.93. The van der Waals surface area contributed by atoms with E-state index >= 15 is 0 Å². The molecule has 0 saturated carbocycles. The third-order valence-electron chi connectivity index (χ3n) is 1.67. The number of carbonyl (C=O) groups is 1. The van der Waals surface area contributed by atoms with Gasteiger partial charge in [0.2, 0.25) is 0 Å². The Kier molecular flexibility index (Phi) is 4.20. The Morgan fingerprint density at radius 2 is 2.07 bits per heavy atom. The van der Waals surface area contributed by atoms with Crippen LogP contribution in [0.4, 0.5) is 0 Å². The number of aldehydes is 1. The molecule has 0 atom stereocenters. The fraction of sp³-hybridized carbons (Fsp3) is 0.182. The van der Waals surface area contributed by atoms with Gasteiger partial charge in [0, 0.05) is 11.1 Å². The number of benzene rings is 1. The van der Waals surface area contributed by atoms with Gasteiger partial charge in [0.05, 0.1) is 0 Å². The van der Waals surface area contributed by atoms with Crippen LogP contribution >= 0.6 is 11.6 Å². The summed E-state index contributed by atoms with van der Waals surface area (Å²) >= 11 is 5.48. The van der Waals surface area contributed by atoms with Crippen molar-refractivity contribution in [1.82, 2.24) is 0 Å². The van der Waals surface area contributed by atoms with Gasteiger partial charge in [-0.1, -0.05) is 11.6 Å². The third kappa shape index (κ3) is 3.23. The summed E-state index contributed by atoms with van der Waals surface area (Å²) in [6.45, 7) is 2.34. The van der Waals surface area contributed by atoms with Gasteiger partial charge >= 0.3 is 0 Å². The minimum Gasteiger partial charge on any atom is -0.489 e. The van der Waals surface area contributed by atoms with E-state index in [1.165, 1.54) is 5.54 Å². The van der Waals surface area contributed by atoms with E-state index in [9.17, 15) is 4.79 Å². The van der Waals surface area contributed by atoms with Crippen molar-refractivity contribution in [2.24, 2.45) is 0 Å². The second-order valence-corrected chi connectivity index (χ2v) is 3.15. The molecule has 3 heteroatoms. The first-order valence-electron chi connectivity index (χ1n) is 4.20. The molecule has 0 aliphatic heterocycles. The normalized spacial score (nSPS) is 11.1. The maximum atomic E-state index is 10.4. The average Bonchev–Trinajstić information content (AvgIpc) is 2.26. The van der Waals surface area contributed by atoms with Crippen molar-refractivity contribution >= 4 is 17.9 Å². The fourth-order valence-electron chi connectivity index (χ4n) is 0.871. The minimum absolute atomic E-state index is 0.462. The summed E-state index contributed by atoms with van der Waals surface area (Å²) in [5.74, 6) is 0.730. The summed E-state index contributed by atoms with van der Waals surface area (Å²) in [7, 11) is 0. The molecule has 0 radical (unpaired) electrons. The molecule has 0 bridgehead atoms. The van der Waals surface area contributed by atoms with Crippen molar-refractivity contribution in [2.75, 3.05) is 6.61 Å². The first-order valence-corrected chi connectivity index (χ1v) is 4.64. The van der Waals surface area contributed by atoms with Crippen molar-refractivity contribution in [1.29, 1.82) is 0 Å². The molecule has 0 saturated heterocycles. The molecular formula is C11H11ClO2. The lowest BCUT2D eigenvalue weighted by atomic mass is 10.2. The van der Waals surface area contributed by atoms with E-state index in [0.29, 0.717) is 12.2 Å². The first kappa shape index (κ1) is 10.8. The molecule has 0 amide bonds. The topological polar surface area (TPSA) is 26.3 Å². The molecule has 0 aliphatic carbocycles. The molecule has 0 aromatic heterocycles. The predicted molar refractivity (Wildman–Crippen MR) is 56.9 cm³/mol. The molecule has 1 aromatic carbocycles. The minimum atomic E-state index is 0.462. The number of hydrogen-bond donors (Lipinski definition) is 0. The lowest BCUT2D eigenvalue weighted by Crippen LogP contribution is -1.97. The van der Waals surface area contributed by atoms with Crippen LogP contribution < -0.4 is 4.74 Å². The maximum Gasteiger partial charge on any atom is 0.150 e. The van der Waals surface area contributed by atoms with Crippen LogP contribution in [-0.4, -0.2) is 12.9 Å². The van der Waals surface area contributed by atoms with Crippen LogP contribution in [0.15, 0.2) is 35.4 Å². The molecule has 0 aliphatic rings. The van der Waals surface area contributed by atoms with Gasteiger partial charge in [-0.3, -0.25) is 4.79 Å². The van der Waals surface area contributed by atoms with Gasteiger partial charge in [0.25, 0.3) is 0 Å². The number of hydrogen-bond acceptors (Lipinski definition) is 2. The van der Waals surface area contributed by atoms with Gasteiger partial charge in [-0.05, 0) is 36.8 Å². The number of halogens is 1. The van der Waals surface area contributed by atoms with Crippen LogP contribution in [-0.2, 0) is 0 Å². The summed E-state index contributed by atoms with van der Waals surface area (Å²) in [6, 6.07) is 6.93. The van der Waals surface area contributed by atoms with E-state index in [1.807, 2.05) is 6.92 Å². The zero-order valence-corrected chi connectivity index (χ0v) is 8.62. The maximum absolute atomic E-state index is 10.4. The number of rotatable bonds is 4. The summed E-state index contributed by atoms with van der Waals surface area (Å²) < 4.78 is 5.39. The van der Waals surface area contributed by atoms with Crippen molar-refractivity contribution < 1.29 is 9.53 Å². The van der Waals surface area contributed by atoms with Crippen molar-refractivity contribution in [3.05, 3.63) is 40.9 Å². The highest BCUT2D eigenvalue weighted by atomic mass is 35.5. The van der Waals surface area contributed by atoms with E-state index in [-0.39, 0.29) is 0 Å². The number of carbonyl (C=O) groups excluding carboxylic acids is 1. The molecule has 0 unspecified atom stereocenters. The Labute approximate surface area is 88.1 Å². The fourth-order valence-corrected chi connectivity index (χ4v) is 0.934. The third-order valence-corrected chi connectivity index (χ3v) is 2.04. The smallest absolute Gasteiger partial charge is 0.150 e. The quantitative estimate of drug-likeness (QED) is 0.715. The summed E-state index contributed by atoms with van der Waals surface area (Å²) in [5, 5.41) is 0. The van der Waals surface area contributed by atoms with Crippen molar-refractivity contribution in [2.45, 2.75) is 6.92 Å². The summed E-state index contributed by atoms with van der Waals surface area (Å²) in [4.78, 5) is 10.4. The highest BCUT2D eigenvalue weighted by Gasteiger charge is 1.94. The molecule has 74 valence electrons. The Morgan fingerprint density at radius 1 is 1.43 bits per heavy atom. The monoisotopic (exact) mass is 210 g/mol. The Balaban J connectivity index is 2.56. The summed E-state index contributed by atoms with van der Waals surface area (Å²) in [5.41, 5.74) is 3.08. The molecule has 0 fully saturated rings. The molecule has 1 rings (SSSR count). The van der Waals surface area contributed by atoms with Crippen LogP contribution in [0.3, 0.4) is 0 Å². The van der Waals surface area contributed by atoms with Crippen LogP contribution in [0, 0.1) is 0 Å². The van der Waals surface area contributed by atoms with Crippen LogP contribution in [0.2, 0.25) is 0 Å². The largest absolute Gasteiger partial charge is 0.489 e. The molecule has 0 heterocycles. The molecule has 1 aromatic rings. The lowest BCUT2D eigenvalue weighted by Gasteiger charge is -2.05. The van der Waals surface area contributed by atoms with Gasteiger partial charge in [-0.15, -0.1) is 0 Å². The molecule has 0 N–H and O–H groups in total. The first-order chi connectivity index (χ1) is 6.76. The lowest BCUT2D eigenvalue weighted by molar-refractivity contribution is 0.112. The molecular weight excluding hydrogens is 200 g/mol. The van der Waals surface area contributed by atoms with E-state index in [2.05, 4.69) is 0 Å². The van der Waals surface area contributed by atoms with Gasteiger partial charge in [-0.25, -0.2) is 0 Å². The van der Waals surface area contributed by atoms with E-state index < -0.39 is 0 Å². The zero-order valence-electron chi connectivity index (χ0n) is 7.87. The Hall–Kier alpha value is -1.28. The SMILES string of the molecule is C/C(=C/Cl)COc1ccc(C=O)cc1. The van der Waals surface area contributed by atoms with Crippen molar-refractivity contribution in [3.8, 4) is 5.75 Å². The molecule has 2 nitrogen and oxygen atoms in total. The van der Waals surface area contributed by atoms with E-state index in [1.54, 1.807) is 24.3 Å². The van der Waals surface area contributed by atoms with E-state index in [4.69, 9.17) is 16.3 Å². The molecule has 0 spiro atoms.